The lowest BCUT2D eigenvalue weighted by Gasteiger charge is -1.98. The van der Waals surface area contributed by atoms with E-state index in [-0.39, 0.29) is 0 Å². The first-order chi connectivity index (χ1) is 5.91. The monoisotopic (exact) mass is 166 g/mol. The average molecular weight is 166 g/mol. The highest BCUT2D eigenvalue weighted by Gasteiger charge is 1.88. The van der Waals surface area contributed by atoms with Crippen LogP contribution in [0.25, 0.3) is 0 Å². The smallest absolute Gasteiger partial charge is 0.0275 e. The van der Waals surface area contributed by atoms with Gasteiger partial charge in [0.2, 0.25) is 0 Å². The van der Waals surface area contributed by atoms with E-state index in [1.807, 2.05) is 6.08 Å². The van der Waals surface area contributed by atoms with Gasteiger partial charge in [-0.2, -0.15) is 0 Å². The molecule has 0 N–H and O–H groups in total. The van der Waals surface area contributed by atoms with Gasteiger partial charge in [-0.1, -0.05) is 52.0 Å². The Bertz CT molecular complexity index is 118. The lowest BCUT2D eigenvalue weighted by Crippen LogP contribution is -1.78. The fourth-order valence-electron chi connectivity index (χ4n) is 1.31. The fourth-order valence-corrected chi connectivity index (χ4v) is 1.31. The minimum absolute atomic E-state index is 1.16. The first-order valence-electron chi connectivity index (χ1n) is 5.26. The highest BCUT2D eigenvalue weighted by molar-refractivity contribution is 4.74. The van der Waals surface area contributed by atoms with Crippen LogP contribution >= 0.6 is 0 Å². The molecule has 0 heteroatoms. The molecule has 70 valence electrons. The average Bonchev–Trinajstić information content (AvgIpc) is 2.10. The van der Waals surface area contributed by atoms with Gasteiger partial charge in [0.1, 0.15) is 0 Å². The van der Waals surface area contributed by atoms with Crippen molar-refractivity contribution in [2.24, 2.45) is 0 Å². The summed E-state index contributed by atoms with van der Waals surface area (Å²) in [5.74, 6) is 0. The highest BCUT2D eigenvalue weighted by Crippen LogP contribution is 2.08. The summed E-state index contributed by atoms with van der Waals surface area (Å²) in [6, 6.07) is 0. The maximum Gasteiger partial charge on any atom is -0.0275 e. The Labute approximate surface area is 77.4 Å². The highest BCUT2D eigenvalue weighted by atomic mass is 13.9. The molecule has 0 aliphatic rings. The number of unbranched alkanes of at least 4 members (excludes halogenated alkanes) is 7. The molecule has 0 radical (unpaired) electrons. The summed E-state index contributed by atoms with van der Waals surface area (Å²) >= 11 is 0. The van der Waals surface area contributed by atoms with Gasteiger partial charge in [0, 0.05) is 0 Å². The molecule has 0 aliphatic heterocycles. The van der Waals surface area contributed by atoms with Crippen LogP contribution in [0.15, 0.2) is 18.4 Å². The van der Waals surface area contributed by atoms with E-state index >= 15 is 0 Å². The lowest BCUT2D eigenvalue weighted by atomic mass is 10.1. The van der Waals surface area contributed by atoms with Crippen LogP contribution < -0.4 is 0 Å². The molecule has 0 unspecified atom stereocenters. The van der Waals surface area contributed by atoms with Crippen LogP contribution in [-0.4, -0.2) is 0 Å². The molecule has 0 aromatic rings. The lowest BCUT2D eigenvalue weighted by molar-refractivity contribution is 0.592. The van der Waals surface area contributed by atoms with Crippen LogP contribution in [0.2, 0.25) is 0 Å². The maximum atomic E-state index is 3.54. The van der Waals surface area contributed by atoms with Crippen LogP contribution in [0.1, 0.15) is 58.3 Å². The standard InChI is InChI=1S/C12H22/c1-3-5-7-9-11-12-10-8-6-4-2/h5H,1,4,6-12H2,2H3. The summed E-state index contributed by atoms with van der Waals surface area (Å²) < 4.78 is 0. The van der Waals surface area contributed by atoms with Crippen molar-refractivity contribution in [2.75, 3.05) is 0 Å². The van der Waals surface area contributed by atoms with E-state index in [1.165, 1.54) is 44.9 Å². The molecule has 0 rings (SSSR count). The first kappa shape index (κ1) is 11.5. The molecule has 0 amide bonds. The minimum atomic E-state index is 1.16. The topological polar surface area (TPSA) is 0 Å². The van der Waals surface area contributed by atoms with Crippen LogP contribution in [0, 0.1) is 0 Å². The molecular weight excluding hydrogens is 144 g/mol. The van der Waals surface area contributed by atoms with Crippen molar-refractivity contribution >= 4 is 0 Å². The normalized spacial score (nSPS) is 9.42. The van der Waals surface area contributed by atoms with Gasteiger partial charge in [-0.3, -0.25) is 0 Å². The van der Waals surface area contributed by atoms with E-state index in [0.717, 1.165) is 6.42 Å². The Morgan fingerprint density at radius 3 is 2.17 bits per heavy atom. The van der Waals surface area contributed by atoms with Crippen molar-refractivity contribution in [3.8, 4) is 0 Å². The Morgan fingerprint density at radius 2 is 1.58 bits per heavy atom. The van der Waals surface area contributed by atoms with Gasteiger partial charge in [-0.05, 0) is 18.9 Å². The Hall–Kier alpha value is -0.480. The van der Waals surface area contributed by atoms with Crippen molar-refractivity contribution in [1.29, 1.82) is 0 Å². The molecule has 0 aromatic heterocycles. The van der Waals surface area contributed by atoms with Crippen LogP contribution in [0.4, 0.5) is 0 Å². The summed E-state index contributed by atoms with van der Waals surface area (Å²) in [6.07, 6.45) is 12.9. The molecular formula is C12H22. The van der Waals surface area contributed by atoms with Gasteiger partial charge in [0.15, 0.2) is 0 Å². The Morgan fingerprint density at radius 1 is 1.00 bits per heavy atom. The molecule has 0 bridgehead atoms. The van der Waals surface area contributed by atoms with Gasteiger partial charge in [-0.25, -0.2) is 0 Å². The number of hydrogen-bond donors (Lipinski definition) is 0. The zero-order valence-corrected chi connectivity index (χ0v) is 8.44. The zero-order valence-electron chi connectivity index (χ0n) is 8.44. The molecule has 0 spiro atoms. The van der Waals surface area contributed by atoms with Crippen molar-refractivity contribution in [1.82, 2.24) is 0 Å². The summed E-state index contributed by atoms with van der Waals surface area (Å²) in [6.45, 7) is 5.80. The second-order valence-electron chi connectivity index (χ2n) is 3.32. The molecule has 12 heavy (non-hydrogen) atoms. The third-order valence-corrected chi connectivity index (χ3v) is 2.10. The molecule has 0 saturated heterocycles. The largest absolute Gasteiger partial charge is 0.133 e. The summed E-state index contributed by atoms with van der Waals surface area (Å²) in [7, 11) is 0. The van der Waals surface area contributed by atoms with Crippen molar-refractivity contribution < 1.29 is 0 Å². The number of rotatable bonds is 8. The van der Waals surface area contributed by atoms with Gasteiger partial charge in [0.25, 0.3) is 0 Å². The summed E-state index contributed by atoms with van der Waals surface area (Å²) in [4.78, 5) is 0. The van der Waals surface area contributed by atoms with E-state index in [4.69, 9.17) is 0 Å². The minimum Gasteiger partial charge on any atom is -0.133 e. The molecule has 0 heterocycles. The van der Waals surface area contributed by atoms with E-state index in [1.54, 1.807) is 0 Å². The van der Waals surface area contributed by atoms with Crippen LogP contribution in [-0.2, 0) is 0 Å². The van der Waals surface area contributed by atoms with Crippen LogP contribution in [0.5, 0.6) is 0 Å². The van der Waals surface area contributed by atoms with Crippen molar-refractivity contribution in [3.63, 3.8) is 0 Å². The Kier molecular flexibility index (Phi) is 10.1. The van der Waals surface area contributed by atoms with E-state index in [2.05, 4.69) is 19.2 Å². The van der Waals surface area contributed by atoms with E-state index < -0.39 is 0 Å². The molecule has 0 aliphatic carbocycles. The molecule has 0 saturated carbocycles. The molecule has 0 nitrogen and oxygen atoms in total. The maximum absolute atomic E-state index is 3.54. The van der Waals surface area contributed by atoms with Gasteiger partial charge >= 0.3 is 0 Å². The van der Waals surface area contributed by atoms with E-state index in [0.29, 0.717) is 0 Å². The van der Waals surface area contributed by atoms with Crippen molar-refractivity contribution in [3.05, 3.63) is 18.4 Å². The van der Waals surface area contributed by atoms with Crippen molar-refractivity contribution in [2.45, 2.75) is 58.3 Å². The molecule has 0 fully saturated rings. The third-order valence-electron chi connectivity index (χ3n) is 2.10. The molecule has 0 atom stereocenters. The fraction of sp³-hybridized carbons (Fsp3) is 0.750. The molecule has 0 aromatic carbocycles. The summed E-state index contributed by atoms with van der Waals surface area (Å²) in [5, 5.41) is 0. The third kappa shape index (κ3) is 9.52. The van der Waals surface area contributed by atoms with Gasteiger partial charge < -0.3 is 0 Å². The number of allylic oxidation sites excluding steroid dienone is 1. The van der Waals surface area contributed by atoms with Crippen LogP contribution in [0.3, 0.4) is 0 Å². The van der Waals surface area contributed by atoms with E-state index in [9.17, 15) is 0 Å². The Balaban J connectivity index is 2.86. The summed E-state index contributed by atoms with van der Waals surface area (Å²) in [5.41, 5.74) is 2.80. The predicted octanol–water partition coefficient (Wildman–Crippen LogP) is 4.47. The van der Waals surface area contributed by atoms with Gasteiger partial charge in [0.05, 0.1) is 0 Å². The second-order valence-corrected chi connectivity index (χ2v) is 3.32. The quantitative estimate of drug-likeness (QED) is 0.368. The first-order valence-corrected chi connectivity index (χ1v) is 5.26. The zero-order chi connectivity index (χ0) is 9.07. The van der Waals surface area contributed by atoms with Gasteiger partial charge in [-0.15, -0.1) is 5.73 Å². The number of hydrogen-bond acceptors (Lipinski definition) is 0. The SMILES string of the molecule is C=C=CCCCCCCCCC. The second kappa shape index (κ2) is 10.5. The predicted molar refractivity (Wildman–Crippen MR) is 56.3 cm³/mol.